The van der Waals surface area contributed by atoms with Crippen molar-refractivity contribution in [2.45, 2.75) is 20.3 Å². The quantitative estimate of drug-likeness (QED) is 0.624. The average Bonchev–Trinajstić information content (AvgIpc) is 2.47. The Kier molecular flexibility index (Phi) is 4.82. The molecule has 2 aromatic heterocycles. The fourth-order valence-electron chi connectivity index (χ4n) is 1.83. The third-order valence-electron chi connectivity index (χ3n) is 2.97. The zero-order valence-electron chi connectivity index (χ0n) is 12.3. The first-order valence-corrected chi connectivity index (χ1v) is 6.77. The summed E-state index contributed by atoms with van der Waals surface area (Å²) in [5.74, 6) is -0.357. The summed E-state index contributed by atoms with van der Waals surface area (Å²) in [7, 11) is 0. The van der Waals surface area contributed by atoms with Crippen LogP contribution in [-0.4, -0.2) is 22.5 Å². The number of carbonyl (C=O) groups excluding carboxylic acids is 1. The summed E-state index contributed by atoms with van der Waals surface area (Å²) in [6, 6.07) is 7.82. The lowest BCUT2D eigenvalue weighted by Crippen LogP contribution is -2.08. The average molecular weight is 282 g/mol. The molecule has 0 spiro atoms. The second-order valence-corrected chi connectivity index (χ2v) is 4.93. The van der Waals surface area contributed by atoms with Gasteiger partial charge in [-0.2, -0.15) is 0 Å². The van der Waals surface area contributed by atoms with Crippen LogP contribution in [0.1, 0.15) is 18.1 Å². The summed E-state index contributed by atoms with van der Waals surface area (Å²) in [6.45, 7) is 7.53. The lowest BCUT2D eigenvalue weighted by Gasteiger charge is -2.06. The van der Waals surface area contributed by atoms with Crippen LogP contribution in [-0.2, 0) is 16.0 Å². The number of carbonyl (C=O) groups is 1. The van der Waals surface area contributed by atoms with Gasteiger partial charge in [0.05, 0.1) is 18.0 Å². The second-order valence-electron chi connectivity index (χ2n) is 4.93. The minimum Gasteiger partial charge on any atom is -0.462 e. The molecule has 0 aliphatic carbocycles. The molecule has 2 heterocycles. The van der Waals surface area contributed by atoms with Gasteiger partial charge in [0.15, 0.2) is 0 Å². The molecule has 0 aliphatic heterocycles. The molecular formula is C17H18N2O2. The van der Waals surface area contributed by atoms with Gasteiger partial charge in [-0.15, -0.1) is 0 Å². The van der Waals surface area contributed by atoms with E-state index in [2.05, 4.69) is 16.5 Å². The summed E-state index contributed by atoms with van der Waals surface area (Å²) in [5.41, 5.74) is 4.27. The van der Waals surface area contributed by atoms with Crippen molar-refractivity contribution in [3.63, 3.8) is 0 Å². The number of pyridine rings is 2. The van der Waals surface area contributed by atoms with Crippen molar-refractivity contribution in [3.8, 4) is 11.4 Å². The van der Waals surface area contributed by atoms with Crippen molar-refractivity contribution in [1.82, 2.24) is 9.97 Å². The maximum Gasteiger partial charge on any atom is 0.333 e. The van der Waals surface area contributed by atoms with E-state index in [1.165, 1.54) is 0 Å². The number of nitrogens with zero attached hydrogens (tertiary/aromatic N) is 2. The Bertz CT molecular complexity index is 665. The normalized spacial score (nSPS) is 10.2. The van der Waals surface area contributed by atoms with Gasteiger partial charge >= 0.3 is 5.97 Å². The fraction of sp³-hybridized carbons (Fsp3) is 0.235. The van der Waals surface area contributed by atoms with E-state index >= 15 is 0 Å². The number of aryl methyl sites for hydroxylation is 1. The molecule has 0 saturated carbocycles. The fourth-order valence-corrected chi connectivity index (χ4v) is 1.83. The van der Waals surface area contributed by atoms with Crippen molar-refractivity contribution < 1.29 is 9.53 Å². The molecule has 0 N–H and O–H groups in total. The Hall–Kier alpha value is -2.49. The van der Waals surface area contributed by atoms with E-state index in [9.17, 15) is 4.79 Å². The van der Waals surface area contributed by atoms with Gasteiger partial charge in [0.25, 0.3) is 0 Å². The molecule has 21 heavy (non-hydrogen) atoms. The van der Waals surface area contributed by atoms with Gasteiger partial charge in [-0.25, -0.2) is 4.79 Å². The summed E-state index contributed by atoms with van der Waals surface area (Å²) in [6.07, 6.45) is 4.16. The molecule has 0 atom stereocenters. The van der Waals surface area contributed by atoms with Crippen molar-refractivity contribution in [1.29, 1.82) is 0 Å². The second kappa shape index (κ2) is 6.79. The van der Waals surface area contributed by atoms with Crippen LogP contribution in [0.5, 0.6) is 0 Å². The van der Waals surface area contributed by atoms with Crippen LogP contribution < -0.4 is 0 Å². The Labute approximate surface area is 124 Å². The first-order valence-electron chi connectivity index (χ1n) is 6.77. The van der Waals surface area contributed by atoms with E-state index in [4.69, 9.17) is 4.74 Å². The van der Waals surface area contributed by atoms with Crippen LogP contribution in [0.2, 0.25) is 0 Å². The Morgan fingerprint density at radius 1 is 1.19 bits per heavy atom. The van der Waals surface area contributed by atoms with E-state index in [1.54, 1.807) is 19.3 Å². The molecule has 2 aromatic rings. The molecule has 0 bridgehead atoms. The number of hydrogen-bond donors (Lipinski definition) is 0. The third-order valence-corrected chi connectivity index (χ3v) is 2.97. The first-order chi connectivity index (χ1) is 10.1. The smallest absolute Gasteiger partial charge is 0.333 e. The van der Waals surface area contributed by atoms with Gasteiger partial charge in [0, 0.05) is 24.4 Å². The topological polar surface area (TPSA) is 52.1 Å². The number of esters is 1. The van der Waals surface area contributed by atoms with Gasteiger partial charge in [-0.05, 0) is 49.2 Å². The van der Waals surface area contributed by atoms with Gasteiger partial charge in [-0.1, -0.05) is 6.58 Å². The van der Waals surface area contributed by atoms with Crippen LogP contribution >= 0.6 is 0 Å². The molecule has 4 nitrogen and oxygen atoms in total. The Morgan fingerprint density at radius 3 is 2.52 bits per heavy atom. The first kappa shape index (κ1) is 14.9. The molecular weight excluding hydrogens is 264 g/mol. The monoisotopic (exact) mass is 282 g/mol. The molecule has 0 aliphatic rings. The number of hydrogen-bond acceptors (Lipinski definition) is 4. The van der Waals surface area contributed by atoms with Gasteiger partial charge in [0.2, 0.25) is 0 Å². The molecule has 2 rings (SSSR count). The highest BCUT2D eigenvalue weighted by Crippen LogP contribution is 2.16. The highest BCUT2D eigenvalue weighted by atomic mass is 16.5. The molecule has 0 aromatic carbocycles. The standard InChI is InChI=1S/C17H18N2O2/c1-12(2)17(20)21-9-6-14-5-8-19-16(11-14)15-10-13(3)4-7-18-15/h4-5,7-8,10-11H,1,6,9H2,2-3H3. The lowest BCUT2D eigenvalue weighted by atomic mass is 10.1. The van der Waals surface area contributed by atoms with Crippen LogP contribution in [0.4, 0.5) is 0 Å². The van der Waals surface area contributed by atoms with Crippen LogP contribution in [0.15, 0.2) is 48.8 Å². The summed E-state index contributed by atoms with van der Waals surface area (Å²) in [4.78, 5) is 20.0. The van der Waals surface area contributed by atoms with E-state index in [0.717, 1.165) is 22.5 Å². The summed E-state index contributed by atoms with van der Waals surface area (Å²) < 4.78 is 5.10. The third kappa shape index (κ3) is 4.24. The predicted molar refractivity (Wildman–Crippen MR) is 81.7 cm³/mol. The largest absolute Gasteiger partial charge is 0.462 e. The highest BCUT2D eigenvalue weighted by molar-refractivity contribution is 5.86. The van der Waals surface area contributed by atoms with Crippen LogP contribution in [0.25, 0.3) is 11.4 Å². The van der Waals surface area contributed by atoms with Crippen molar-refractivity contribution in [3.05, 3.63) is 59.9 Å². The van der Waals surface area contributed by atoms with Crippen LogP contribution in [0, 0.1) is 6.92 Å². The molecule has 0 radical (unpaired) electrons. The Morgan fingerprint density at radius 2 is 1.86 bits per heavy atom. The molecule has 0 amide bonds. The van der Waals surface area contributed by atoms with Crippen molar-refractivity contribution in [2.75, 3.05) is 6.61 Å². The zero-order chi connectivity index (χ0) is 15.2. The van der Waals surface area contributed by atoms with Gasteiger partial charge in [-0.3, -0.25) is 9.97 Å². The molecule has 0 unspecified atom stereocenters. The highest BCUT2D eigenvalue weighted by Gasteiger charge is 2.05. The van der Waals surface area contributed by atoms with Gasteiger partial charge < -0.3 is 4.74 Å². The zero-order valence-corrected chi connectivity index (χ0v) is 12.3. The number of aromatic nitrogens is 2. The minimum atomic E-state index is -0.357. The van der Waals surface area contributed by atoms with Gasteiger partial charge in [0.1, 0.15) is 0 Å². The molecule has 0 fully saturated rings. The summed E-state index contributed by atoms with van der Waals surface area (Å²) >= 11 is 0. The lowest BCUT2D eigenvalue weighted by molar-refractivity contribution is -0.138. The molecule has 108 valence electrons. The predicted octanol–water partition coefficient (Wildman–Crippen LogP) is 3.11. The van der Waals surface area contributed by atoms with E-state index < -0.39 is 0 Å². The molecule has 4 heteroatoms. The Balaban J connectivity index is 2.04. The maximum atomic E-state index is 11.3. The van der Waals surface area contributed by atoms with Crippen LogP contribution in [0.3, 0.4) is 0 Å². The molecule has 0 saturated heterocycles. The summed E-state index contributed by atoms with van der Waals surface area (Å²) in [5, 5.41) is 0. The minimum absolute atomic E-state index is 0.330. The van der Waals surface area contributed by atoms with Crippen molar-refractivity contribution in [2.24, 2.45) is 0 Å². The SMILES string of the molecule is C=C(C)C(=O)OCCc1ccnc(-c2cc(C)ccn2)c1. The van der Waals surface area contributed by atoms with E-state index in [0.29, 0.717) is 18.6 Å². The van der Waals surface area contributed by atoms with Crippen molar-refractivity contribution >= 4 is 5.97 Å². The maximum absolute atomic E-state index is 11.3. The van der Waals surface area contributed by atoms with E-state index in [-0.39, 0.29) is 5.97 Å². The number of ether oxygens (including phenoxy) is 1. The number of rotatable bonds is 5. The van der Waals surface area contributed by atoms with E-state index in [1.807, 2.05) is 31.2 Å².